The van der Waals surface area contributed by atoms with Crippen molar-refractivity contribution in [1.82, 2.24) is 0 Å². The lowest BCUT2D eigenvalue weighted by Crippen LogP contribution is -2.02. The molecule has 0 fully saturated rings. The molecule has 0 aliphatic rings. The lowest BCUT2D eigenvalue weighted by molar-refractivity contribution is -0.383. The summed E-state index contributed by atoms with van der Waals surface area (Å²) in [5.41, 5.74) is 0.407. The molecule has 0 saturated heterocycles. The molecule has 0 unspecified atom stereocenters. The zero-order valence-corrected chi connectivity index (χ0v) is 13.5. The lowest BCUT2D eigenvalue weighted by Gasteiger charge is -2.10. The Morgan fingerprint density at radius 1 is 1.14 bits per heavy atom. The Kier molecular flexibility index (Phi) is 4.59. The van der Waals surface area contributed by atoms with Crippen molar-refractivity contribution in [2.45, 2.75) is 0 Å². The van der Waals surface area contributed by atoms with Crippen LogP contribution < -0.4 is 5.32 Å². The Hall–Kier alpha value is -1.93. The summed E-state index contributed by atoms with van der Waals surface area (Å²) in [4.78, 5) is 21.3. The molecule has 0 aromatic heterocycles. The normalized spacial score (nSPS) is 10.2. The Bertz CT molecular complexity index is 734. The molecule has 0 heterocycles. The number of rotatable bonds is 4. The van der Waals surface area contributed by atoms with E-state index in [1.54, 1.807) is 18.2 Å². The van der Waals surface area contributed by atoms with Crippen LogP contribution in [0.1, 0.15) is 10.4 Å². The number of benzene rings is 2. The van der Waals surface area contributed by atoms with E-state index >= 15 is 0 Å². The van der Waals surface area contributed by atoms with Gasteiger partial charge in [-0.25, -0.2) is 4.79 Å². The van der Waals surface area contributed by atoms with E-state index in [4.69, 9.17) is 5.11 Å². The summed E-state index contributed by atoms with van der Waals surface area (Å²) in [5, 5.41) is 22.9. The predicted molar refractivity (Wildman–Crippen MR) is 85.2 cm³/mol. The van der Waals surface area contributed by atoms with E-state index in [9.17, 15) is 14.9 Å². The van der Waals surface area contributed by atoms with Crippen molar-refractivity contribution in [3.8, 4) is 0 Å². The smallest absolute Gasteiger partial charge is 0.335 e. The fourth-order valence-electron chi connectivity index (χ4n) is 1.66. The van der Waals surface area contributed by atoms with Crippen molar-refractivity contribution in [3.05, 3.63) is 61.0 Å². The Morgan fingerprint density at radius 3 is 2.38 bits per heavy atom. The zero-order chi connectivity index (χ0) is 15.6. The maximum absolute atomic E-state index is 11.1. The van der Waals surface area contributed by atoms with E-state index in [0.29, 0.717) is 10.2 Å². The van der Waals surface area contributed by atoms with Crippen molar-refractivity contribution in [3.63, 3.8) is 0 Å². The molecule has 8 heteroatoms. The highest BCUT2D eigenvalue weighted by Gasteiger charge is 2.18. The van der Waals surface area contributed by atoms with Crippen LogP contribution >= 0.6 is 31.9 Å². The standard InChI is InChI=1S/C13H8Br2N2O4/c14-8-2-4-10(9(15)6-8)16-11-3-1-7(13(18)19)5-12(11)17(20)21/h1-6,16H,(H,18,19). The third-order valence-corrected chi connectivity index (χ3v) is 3.79. The van der Waals surface area contributed by atoms with E-state index in [2.05, 4.69) is 37.2 Å². The molecular weight excluding hydrogens is 408 g/mol. The molecule has 2 aromatic rings. The second-order valence-electron chi connectivity index (χ2n) is 4.04. The fraction of sp³-hybridized carbons (Fsp3) is 0. The summed E-state index contributed by atoms with van der Waals surface area (Å²) in [7, 11) is 0. The number of aromatic carboxylic acids is 1. The Balaban J connectivity index is 2.44. The van der Waals surface area contributed by atoms with Gasteiger partial charge in [0.25, 0.3) is 5.69 Å². The van der Waals surface area contributed by atoms with Crippen LogP contribution in [0.15, 0.2) is 45.3 Å². The van der Waals surface area contributed by atoms with Crippen molar-refractivity contribution < 1.29 is 14.8 Å². The average Bonchev–Trinajstić information content (AvgIpc) is 2.41. The fourth-order valence-corrected chi connectivity index (χ4v) is 2.80. The van der Waals surface area contributed by atoms with Crippen LogP contribution in [-0.4, -0.2) is 16.0 Å². The number of carboxylic acid groups (broad SMARTS) is 1. The first-order valence-electron chi connectivity index (χ1n) is 5.62. The topological polar surface area (TPSA) is 92.5 Å². The number of halogens is 2. The molecule has 0 atom stereocenters. The SMILES string of the molecule is O=C(O)c1ccc(Nc2ccc(Br)cc2Br)c([N+](=O)[O-])c1. The minimum Gasteiger partial charge on any atom is -0.478 e. The van der Waals surface area contributed by atoms with Crippen LogP contribution in [0.25, 0.3) is 0 Å². The number of carboxylic acids is 1. The highest BCUT2D eigenvalue weighted by Crippen LogP contribution is 2.33. The van der Waals surface area contributed by atoms with Gasteiger partial charge in [-0.1, -0.05) is 15.9 Å². The third-order valence-electron chi connectivity index (χ3n) is 2.64. The number of hydrogen-bond donors (Lipinski definition) is 2. The van der Waals surface area contributed by atoms with Gasteiger partial charge >= 0.3 is 5.97 Å². The van der Waals surface area contributed by atoms with Gasteiger partial charge in [0.05, 0.1) is 16.2 Å². The van der Waals surface area contributed by atoms with E-state index < -0.39 is 10.9 Å². The molecule has 0 saturated carbocycles. The largest absolute Gasteiger partial charge is 0.478 e. The maximum atomic E-state index is 11.1. The molecule has 0 aliphatic heterocycles. The quantitative estimate of drug-likeness (QED) is 0.563. The highest BCUT2D eigenvalue weighted by atomic mass is 79.9. The molecule has 0 spiro atoms. The Labute approximate surface area is 136 Å². The van der Waals surface area contributed by atoms with Gasteiger partial charge in [0.2, 0.25) is 0 Å². The summed E-state index contributed by atoms with van der Waals surface area (Å²) in [6, 6.07) is 9.02. The van der Waals surface area contributed by atoms with Gasteiger partial charge in [-0.3, -0.25) is 10.1 Å². The molecule has 6 nitrogen and oxygen atoms in total. The molecule has 21 heavy (non-hydrogen) atoms. The monoisotopic (exact) mass is 414 g/mol. The number of nitro groups is 1. The molecule has 0 aliphatic carbocycles. The maximum Gasteiger partial charge on any atom is 0.335 e. The zero-order valence-electron chi connectivity index (χ0n) is 10.3. The van der Waals surface area contributed by atoms with Crippen molar-refractivity contribution in [2.75, 3.05) is 5.32 Å². The number of nitrogens with zero attached hydrogens (tertiary/aromatic N) is 1. The first kappa shape index (κ1) is 15.5. The van der Waals surface area contributed by atoms with Gasteiger partial charge in [-0.2, -0.15) is 0 Å². The van der Waals surface area contributed by atoms with E-state index in [1.165, 1.54) is 12.1 Å². The van der Waals surface area contributed by atoms with E-state index in [1.807, 2.05) is 0 Å². The van der Waals surface area contributed by atoms with Crippen LogP contribution in [0, 0.1) is 10.1 Å². The van der Waals surface area contributed by atoms with Crippen LogP contribution in [0.2, 0.25) is 0 Å². The molecule has 0 radical (unpaired) electrons. The molecule has 0 bridgehead atoms. The van der Waals surface area contributed by atoms with Crippen molar-refractivity contribution >= 4 is 54.9 Å². The van der Waals surface area contributed by atoms with Gasteiger partial charge in [-0.15, -0.1) is 0 Å². The molecule has 2 rings (SSSR count). The predicted octanol–water partition coefficient (Wildman–Crippen LogP) is 4.56. The molecule has 108 valence electrons. The van der Waals surface area contributed by atoms with Crippen LogP contribution in [-0.2, 0) is 0 Å². The van der Waals surface area contributed by atoms with Gasteiger partial charge in [0.1, 0.15) is 5.69 Å². The molecular formula is C13H8Br2N2O4. The second kappa shape index (κ2) is 6.23. The number of nitro benzene ring substituents is 1. The molecule has 2 aromatic carbocycles. The number of anilines is 2. The number of carbonyl (C=O) groups is 1. The number of hydrogen-bond acceptors (Lipinski definition) is 4. The van der Waals surface area contributed by atoms with Gasteiger partial charge < -0.3 is 10.4 Å². The average molecular weight is 416 g/mol. The van der Waals surface area contributed by atoms with E-state index in [-0.39, 0.29) is 16.9 Å². The Morgan fingerprint density at radius 2 is 1.81 bits per heavy atom. The van der Waals surface area contributed by atoms with Crippen molar-refractivity contribution in [2.24, 2.45) is 0 Å². The van der Waals surface area contributed by atoms with E-state index in [0.717, 1.165) is 10.5 Å². The van der Waals surface area contributed by atoms with Gasteiger partial charge in [-0.05, 0) is 46.3 Å². The van der Waals surface area contributed by atoms with Crippen LogP contribution in [0.3, 0.4) is 0 Å². The first-order valence-corrected chi connectivity index (χ1v) is 7.21. The summed E-state index contributed by atoms with van der Waals surface area (Å²) in [6.45, 7) is 0. The summed E-state index contributed by atoms with van der Waals surface area (Å²) in [6.07, 6.45) is 0. The van der Waals surface area contributed by atoms with Gasteiger partial charge in [0.15, 0.2) is 0 Å². The molecule has 0 amide bonds. The summed E-state index contributed by atoms with van der Waals surface area (Å²) < 4.78 is 1.57. The summed E-state index contributed by atoms with van der Waals surface area (Å²) in [5.74, 6) is -1.21. The molecule has 2 N–H and O–H groups in total. The van der Waals surface area contributed by atoms with Crippen LogP contribution in [0.4, 0.5) is 17.1 Å². The second-order valence-corrected chi connectivity index (χ2v) is 5.81. The van der Waals surface area contributed by atoms with Crippen LogP contribution in [0.5, 0.6) is 0 Å². The van der Waals surface area contributed by atoms with Crippen molar-refractivity contribution in [1.29, 1.82) is 0 Å². The first-order chi connectivity index (χ1) is 9.88. The summed E-state index contributed by atoms with van der Waals surface area (Å²) >= 11 is 6.66. The van der Waals surface area contributed by atoms with Gasteiger partial charge in [0, 0.05) is 15.0 Å². The highest BCUT2D eigenvalue weighted by molar-refractivity contribution is 9.11. The lowest BCUT2D eigenvalue weighted by atomic mass is 10.1. The minimum absolute atomic E-state index is 0.137. The number of nitrogens with one attached hydrogen (secondary N) is 1. The third kappa shape index (κ3) is 3.59. The minimum atomic E-state index is -1.21.